The van der Waals surface area contributed by atoms with Crippen molar-refractivity contribution in [1.82, 2.24) is 0 Å². The van der Waals surface area contributed by atoms with Crippen LogP contribution in [0, 0.1) is 0 Å². The molecule has 0 saturated carbocycles. The topological polar surface area (TPSA) is 77.4 Å². The van der Waals surface area contributed by atoms with Crippen LogP contribution in [0.4, 0.5) is 0 Å². The molecule has 2 unspecified atom stereocenters. The molecule has 1 N–H and O–H groups in total. The molecular weight excluding hydrogens is 363 g/mol. The second-order valence-corrected chi connectivity index (χ2v) is 8.66. The van der Waals surface area contributed by atoms with Crippen LogP contribution in [-0.2, 0) is 10.1 Å². The minimum Gasteiger partial charge on any atom is -0.748 e. The molecule has 0 heterocycles. The maximum absolute atomic E-state index is 11.4. The predicted molar refractivity (Wildman–Crippen MR) is 100 cm³/mol. The normalized spacial score (nSPS) is 14.1. The molecule has 0 aromatic carbocycles. The number of aliphatic hydroxyl groups excluding tert-OH is 1. The van der Waals surface area contributed by atoms with Gasteiger partial charge in [-0.25, -0.2) is 8.42 Å². The van der Waals surface area contributed by atoms with Crippen molar-refractivity contribution >= 4 is 10.1 Å². The van der Waals surface area contributed by atoms with Gasteiger partial charge in [-0.1, -0.05) is 97.3 Å². The molecule has 0 saturated heterocycles. The van der Waals surface area contributed by atoms with Gasteiger partial charge in [-0.15, -0.1) is 0 Å². The second kappa shape index (κ2) is 18.9. The van der Waals surface area contributed by atoms with Gasteiger partial charge in [-0.05, 0) is 12.8 Å². The van der Waals surface area contributed by atoms with Gasteiger partial charge in [0.05, 0.1) is 11.4 Å². The predicted octanol–water partition coefficient (Wildman–Crippen LogP) is 2.16. The zero-order valence-electron chi connectivity index (χ0n) is 16.8. The average Bonchev–Trinajstić information content (AvgIpc) is 2.51. The summed E-state index contributed by atoms with van der Waals surface area (Å²) >= 11 is 0. The zero-order valence-corrected chi connectivity index (χ0v) is 20.8. The molecule has 4 nitrogen and oxygen atoms in total. The zero-order chi connectivity index (χ0) is 18.3. The summed E-state index contributed by atoms with van der Waals surface area (Å²) in [7, 11) is -4.42. The summed E-state index contributed by atoms with van der Waals surface area (Å²) in [6.45, 7) is 4.33. The molecule has 0 fully saturated rings. The SMILES string of the molecule is CCCCCCCCCCC(C(O)CCCCCCC)S(=O)(=O)[O-].[K+]. The number of rotatable bonds is 17. The van der Waals surface area contributed by atoms with Crippen LogP contribution in [0.5, 0.6) is 0 Å². The molecule has 0 aliphatic heterocycles. The molecule has 0 spiro atoms. The molecule has 0 aromatic heterocycles. The molecule has 0 aliphatic rings. The Hall–Kier alpha value is 1.51. The van der Waals surface area contributed by atoms with E-state index in [0.717, 1.165) is 44.9 Å². The summed E-state index contributed by atoms with van der Waals surface area (Å²) in [6, 6.07) is 0. The van der Waals surface area contributed by atoms with E-state index >= 15 is 0 Å². The van der Waals surface area contributed by atoms with E-state index in [-0.39, 0.29) is 51.4 Å². The van der Waals surface area contributed by atoms with E-state index in [2.05, 4.69) is 13.8 Å². The van der Waals surface area contributed by atoms with Crippen molar-refractivity contribution < 1.29 is 69.5 Å². The molecule has 25 heavy (non-hydrogen) atoms. The number of aliphatic hydroxyl groups is 1. The summed E-state index contributed by atoms with van der Waals surface area (Å²) in [5.74, 6) is 0. The third-order valence-electron chi connectivity index (χ3n) is 4.75. The van der Waals surface area contributed by atoms with Crippen molar-refractivity contribution in [3.8, 4) is 0 Å². The first-order valence-corrected chi connectivity index (χ1v) is 11.5. The number of hydrogen-bond acceptors (Lipinski definition) is 4. The van der Waals surface area contributed by atoms with Gasteiger partial charge in [0.15, 0.2) is 0 Å². The van der Waals surface area contributed by atoms with Gasteiger partial charge in [-0.2, -0.15) is 0 Å². The van der Waals surface area contributed by atoms with Gasteiger partial charge >= 0.3 is 51.4 Å². The molecular formula is C19H39KO4S. The van der Waals surface area contributed by atoms with Crippen LogP contribution >= 0.6 is 0 Å². The summed E-state index contributed by atoms with van der Waals surface area (Å²) in [5.41, 5.74) is 0. The van der Waals surface area contributed by atoms with Crippen molar-refractivity contribution in [2.24, 2.45) is 0 Å². The summed E-state index contributed by atoms with van der Waals surface area (Å²) in [6.07, 6.45) is 13.9. The molecule has 0 radical (unpaired) electrons. The maximum Gasteiger partial charge on any atom is 1.00 e. The van der Waals surface area contributed by atoms with E-state index in [1.54, 1.807) is 0 Å². The molecule has 0 aliphatic carbocycles. The Morgan fingerprint density at radius 3 is 1.48 bits per heavy atom. The fourth-order valence-corrected chi connectivity index (χ4v) is 4.13. The first-order valence-electron chi connectivity index (χ1n) is 10.1. The van der Waals surface area contributed by atoms with Gasteiger partial charge in [0.1, 0.15) is 10.1 Å². The van der Waals surface area contributed by atoms with Crippen molar-refractivity contribution in [3.05, 3.63) is 0 Å². The van der Waals surface area contributed by atoms with Crippen LogP contribution in [0.2, 0.25) is 0 Å². The van der Waals surface area contributed by atoms with E-state index < -0.39 is 21.5 Å². The Kier molecular flexibility index (Phi) is 21.7. The van der Waals surface area contributed by atoms with E-state index in [1.807, 2.05) is 0 Å². The minimum absolute atomic E-state index is 0. The summed E-state index contributed by atoms with van der Waals surface area (Å²) in [5, 5.41) is 9.00. The third kappa shape index (κ3) is 17.3. The van der Waals surface area contributed by atoms with E-state index in [9.17, 15) is 18.1 Å². The largest absolute Gasteiger partial charge is 1.00 e. The van der Waals surface area contributed by atoms with Gasteiger partial charge < -0.3 is 9.66 Å². The number of hydrogen-bond donors (Lipinski definition) is 1. The van der Waals surface area contributed by atoms with Gasteiger partial charge in [0, 0.05) is 0 Å². The molecule has 2 atom stereocenters. The van der Waals surface area contributed by atoms with Crippen LogP contribution in [0.15, 0.2) is 0 Å². The minimum atomic E-state index is -4.42. The standard InChI is InChI=1S/C19H40O4S.K/c1-3-5-7-9-10-11-13-15-17-19(24(21,22)23)18(20)16-14-12-8-6-4-2;/h18-20H,3-17H2,1-2H3,(H,21,22,23);/q;+1/p-1. The Labute approximate surface area is 199 Å². The maximum atomic E-state index is 11.4. The molecule has 0 aromatic rings. The van der Waals surface area contributed by atoms with Crippen molar-refractivity contribution in [2.75, 3.05) is 0 Å². The first-order chi connectivity index (χ1) is 11.4. The van der Waals surface area contributed by atoms with Crippen molar-refractivity contribution in [3.63, 3.8) is 0 Å². The molecule has 0 bridgehead atoms. The molecule has 0 rings (SSSR count). The van der Waals surface area contributed by atoms with E-state index in [1.165, 1.54) is 32.1 Å². The van der Waals surface area contributed by atoms with Crippen LogP contribution in [0.25, 0.3) is 0 Å². The smallest absolute Gasteiger partial charge is 0.748 e. The molecule has 146 valence electrons. The Bertz CT molecular complexity index is 374. The Morgan fingerprint density at radius 1 is 0.720 bits per heavy atom. The quantitative estimate of drug-likeness (QED) is 0.230. The van der Waals surface area contributed by atoms with Crippen LogP contribution < -0.4 is 51.4 Å². The fraction of sp³-hybridized carbons (Fsp3) is 1.00. The van der Waals surface area contributed by atoms with Gasteiger partial charge in [0.25, 0.3) is 0 Å². The molecule has 6 heteroatoms. The summed E-state index contributed by atoms with van der Waals surface area (Å²) < 4.78 is 34.3. The first kappa shape index (κ1) is 28.7. The average molecular weight is 403 g/mol. The Balaban J connectivity index is 0. The van der Waals surface area contributed by atoms with Crippen molar-refractivity contribution in [2.45, 2.75) is 122 Å². The summed E-state index contributed by atoms with van der Waals surface area (Å²) in [4.78, 5) is 0. The van der Waals surface area contributed by atoms with Crippen LogP contribution in [0.1, 0.15) is 110 Å². The van der Waals surface area contributed by atoms with Gasteiger partial charge in [0.2, 0.25) is 0 Å². The second-order valence-electron chi connectivity index (χ2n) is 7.07. The van der Waals surface area contributed by atoms with Crippen LogP contribution in [-0.4, -0.2) is 29.4 Å². The van der Waals surface area contributed by atoms with Gasteiger partial charge in [-0.3, -0.25) is 0 Å². The monoisotopic (exact) mass is 402 g/mol. The van der Waals surface area contributed by atoms with Crippen LogP contribution in [0.3, 0.4) is 0 Å². The third-order valence-corrected chi connectivity index (χ3v) is 6.04. The fourth-order valence-electron chi connectivity index (χ4n) is 3.15. The van der Waals surface area contributed by atoms with E-state index in [0.29, 0.717) is 19.3 Å². The van der Waals surface area contributed by atoms with Crippen molar-refractivity contribution in [1.29, 1.82) is 0 Å². The van der Waals surface area contributed by atoms with E-state index in [4.69, 9.17) is 0 Å². The molecule has 0 amide bonds. The number of unbranched alkanes of at least 4 members (excludes halogenated alkanes) is 11. The Morgan fingerprint density at radius 2 is 1.08 bits per heavy atom.